The lowest BCUT2D eigenvalue weighted by Crippen LogP contribution is -2.43. The minimum atomic E-state index is -4.45. The molecular formula is C40H33F4N2O8S3+. The molecule has 0 fully saturated rings. The molecule has 0 saturated carbocycles. The molecule has 1 heterocycles. The Kier molecular flexibility index (Phi) is 10.4. The number of nitrogens with zero attached hydrogens (tertiary/aromatic N) is 1. The number of thioether (sulfide) groups is 1. The van der Waals surface area contributed by atoms with E-state index in [1.807, 2.05) is 19.9 Å². The van der Waals surface area contributed by atoms with Crippen molar-refractivity contribution in [3.05, 3.63) is 146 Å². The summed E-state index contributed by atoms with van der Waals surface area (Å²) < 4.78 is 131. The summed E-state index contributed by atoms with van der Waals surface area (Å²) in [5, 5.41) is 13.3. The molecule has 0 unspecified atom stereocenters. The summed E-state index contributed by atoms with van der Waals surface area (Å²) in [5.41, 5.74) is 1.77. The fourth-order valence-electron chi connectivity index (χ4n) is 7.47. The van der Waals surface area contributed by atoms with Crippen LogP contribution in [-0.4, -0.2) is 49.3 Å². The van der Waals surface area contributed by atoms with Gasteiger partial charge in [-0.1, -0.05) is 32.0 Å². The number of halogens is 4. The molecule has 5 aromatic carbocycles. The number of carboxylic acids is 1. The summed E-state index contributed by atoms with van der Waals surface area (Å²) in [7, 11) is -8.85. The van der Waals surface area contributed by atoms with Crippen molar-refractivity contribution in [3.8, 4) is 0 Å². The molecule has 1 aliphatic heterocycles. The molecule has 0 bridgehead atoms. The smallest absolute Gasteiger partial charge is 0.313 e. The fraction of sp³-hybridized carbons (Fsp3) is 0.200. The second-order valence-corrected chi connectivity index (χ2v) is 18.0. The number of rotatable bonds is 10. The van der Waals surface area contributed by atoms with Gasteiger partial charge in [0, 0.05) is 46.0 Å². The van der Waals surface area contributed by atoms with Gasteiger partial charge < -0.3 is 10.4 Å². The zero-order valence-electron chi connectivity index (χ0n) is 30.1. The highest BCUT2D eigenvalue weighted by Crippen LogP contribution is 2.44. The molecule has 17 heteroatoms. The number of benzene rings is 5. The molecule has 2 aliphatic rings. The molecule has 1 aliphatic carbocycles. The minimum Gasteiger partial charge on any atom is -0.481 e. The van der Waals surface area contributed by atoms with Crippen molar-refractivity contribution >= 4 is 54.9 Å². The van der Waals surface area contributed by atoms with Crippen LogP contribution in [0.1, 0.15) is 53.6 Å². The van der Waals surface area contributed by atoms with Crippen molar-refractivity contribution in [1.82, 2.24) is 4.58 Å². The van der Waals surface area contributed by atoms with Crippen LogP contribution < -0.4 is 20.5 Å². The number of carboxylic acid groups (broad SMARTS) is 1. The van der Waals surface area contributed by atoms with Crippen molar-refractivity contribution in [2.45, 2.75) is 53.3 Å². The van der Waals surface area contributed by atoms with Crippen LogP contribution in [-0.2, 0) is 43.4 Å². The largest absolute Gasteiger partial charge is 0.481 e. The first-order valence-electron chi connectivity index (χ1n) is 17.3. The third-order valence-corrected chi connectivity index (χ3v) is 13.0. The van der Waals surface area contributed by atoms with Gasteiger partial charge >= 0.3 is 5.97 Å². The molecule has 57 heavy (non-hydrogen) atoms. The van der Waals surface area contributed by atoms with Gasteiger partial charge in [0.25, 0.3) is 20.2 Å². The zero-order chi connectivity index (χ0) is 41.2. The molecule has 4 N–H and O–H groups in total. The van der Waals surface area contributed by atoms with E-state index in [1.165, 1.54) is 36.4 Å². The summed E-state index contributed by atoms with van der Waals surface area (Å²) in [5.74, 6) is -9.13. The van der Waals surface area contributed by atoms with Crippen molar-refractivity contribution in [3.63, 3.8) is 0 Å². The van der Waals surface area contributed by atoms with Crippen LogP contribution in [0.2, 0.25) is 0 Å². The number of nitrogens with one attached hydrogen (secondary N) is 1. The standard InChI is InChI=1S/C40H32F4N2O8S3/c1-40(2)29-17-24(45-23-7-12-26(13-8-23)57(52,53)54)9-14-27(29)33(34-35(41)37(43)39(38(44)36(34)42)55-20-32(47)48)28-16-22-4-3-15-46(31(22)18-30(28)40)19-21-5-10-25(11-6-21)56(49,50)51/h5-14,16-18H,3-4,15,19-20H2,1-2H3,(H3,47,48,49,50,51,52,53,54)/p+1. The molecule has 5 aromatic rings. The lowest BCUT2D eigenvalue weighted by molar-refractivity contribution is -0.133. The van der Waals surface area contributed by atoms with Gasteiger partial charge in [-0.15, -0.1) is 11.8 Å². The number of carbonyl (C=O) groups is 1. The molecule has 7 rings (SSSR count). The van der Waals surface area contributed by atoms with Gasteiger partial charge in [0.15, 0.2) is 29.8 Å². The van der Waals surface area contributed by atoms with Crippen LogP contribution in [0.3, 0.4) is 0 Å². The van der Waals surface area contributed by atoms with Gasteiger partial charge in [-0.2, -0.15) is 16.8 Å². The van der Waals surface area contributed by atoms with Crippen molar-refractivity contribution in [1.29, 1.82) is 0 Å². The maximum Gasteiger partial charge on any atom is 0.313 e. The molecule has 0 saturated heterocycles. The lowest BCUT2D eigenvalue weighted by atomic mass is 9.68. The molecule has 10 nitrogen and oxygen atoms in total. The Bertz CT molecular complexity index is 2840. The number of hydrogen-bond donors (Lipinski definition) is 4. The van der Waals surface area contributed by atoms with E-state index in [4.69, 9.17) is 5.11 Å². The monoisotopic (exact) mass is 841 g/mol. The van der Waals surface area contributed by atoms with Crippen molar-refractivity contribution in [2.24, 2.45) is 0 Å². The normalized spacial score (nSPS) is 14.8. The van der Waals surface area contributed by atoms with Crippen molar-refractivity contribution < 1.29 is 53.4 Å². The SMILES string of the molecule is CC1(C)c2cc(Nc3ccc(S(=O)(=O)O)cc3)ccc2C(c2c(F)c(F)c(SCC(=O)O)c(F)c2F)=c2cc3c(cc21)=[N+](Cc1ccc(S(=O)(=O)O)cc1)CCC3. The Balaban J connectivity index is 1.46. The number of fused-ring (bicyclic) bond motifs is 3. The first-order chi connectivity index (χ1) is 26.8. The molecule has 0 radical (unpaired) electrons. The first kappa shape index (κ1) is 40.1. The molecule has 0 atom stereocenters. The summed E-state index contributed by atoms with van der Waals surface area (Å²) in [4.78, 5) is 9.50. The highest BCUT2D eigenvalue weighted by Gasteiger charge is 2.38. The van der Waals surface area contributed by atoms with Gasteiger partial charge in [0.05, 0.1) is 26.0 Å². The second kappa shape index (κ2) is 14.7. The van der Waals surface area contributed by atoms with Crippen LogP contribution in [0.25, 0.3) is 5.57 Å². The minimum absolute atomic E-state index is 0.119. The molecule has 296 valence electrons. The van der Waals surface area contributed by atoms with Crippen molar-refractivity contribution in [2.75, 3.05) is 17.6 Å². The number of aliphatic carboxylic acids is 1. The highest BCUT2D eigenvalue weighted by molar-refractivity contribution is 8.00. The van der Waals surface area contributed by atoms with E-state index in [9.17, 15) is 30.7 Å². The van der Waals surface area contributed by atoms with Crippen LogP contribution in [0.4, 0.5) is 28.9 Å². The Labute approximate surface area is 328 Å². The van der Waals surface area contributed by atoms with E-state index in [0.717, 1.165) is 16.5 Å². The van der Waals surface area contributed by atoms with Crippen LogP contribution >= 0.6 is 11.8 Å². The third kappa shape index (κ3) is 7.57. The van der Waals surface area contributed by atoms with E-state index >= 15 is 17.6 Å². The van der Waals surface area contributed by atoms with E-state index in [-0.39, 0.29) is 32.7 Å². The Morgan fingerprint density at radius 2 is 1.37 bits per heavy atom. The highest BCUT2D eigenvalue weighted by atomic mass is 32.2. The van der Waals surface area contributed by atoms with E-state index in [2.05, 4.69) is 9.89 Å². The quantitative estimate of drug-likeness (QED) is 0.0421. The number of aryl methyl sites for hydroxylation is 1. The van der Waals surface area contributed by atoms with E-state index in [0.29, 0.717) is 53.7 Å². The Morgan fingerprint density at radius 3 is 1.95 bits per heavy atom. The van der Waals surface area contributed by atoms with Gasteiger partial charge in [-0.3, -0.25) is 13.9 Å². The number of hydrogen-bond acceptors (Lipinski definition) is 7. The van der Waals surface area contributed by atoms with Gasteiger partial charge in [-0.05, 0) is 82.9 Å². The van der Waals surface area contributed by atoms with E-state index < -0.39 is 71.1 Å². The summed E-state index contributed by atoms with van der Waals surface area (Å²) >= 11 is 0.121. The molecule has 0 aromatic heterocycles. The maximum atomic E-state index is 16.3. The van der Waals surface area contributed by atoms with Crippen LogP contribution in [0.5, 0.6) is 0 Å². The van der Waals surface area contributed by atoms with E-state index in [1.54, 1.807) is 36.4 Å². The summed E-state index contributed by atoms with van der Waals surface area (Å²) in [6.07, 6.45) is 1.23. The first-order valence-corrected chi connectivity index (χ1v) is 21.2. The fourth-order valence-corrected chi connectivity index (χ4v) is 9.13. The molecule has 0 spiro atoms. The third-order valence-electron chi connectivity index (χ3n) is 10.2. The lowest BCUT2D eigenvalue weighted by Gasteiger charge is -2.35. The predicted octanol–water partition coefficient (Wildman–Crippen LogP) is 6.18. The van der Waals surface area contributed by atoms with Crippen LogP contribution in [0, 0.1) is 23.3 Å². The van der Waals surface area contributed by atoms with Gasteiger partial charge in [-0.25, -0.2) is 22.1 Å². The van der Waals surface area contributed by atoms with Gasteiger partial charge in [0.2, 0.25) is 5.36 Å². The van der Waals surface area contributed by atoms with Gasteiger partial charge in [0.1, 0.15) is 6.54 Å². The predicted molar refractivity (Wildman–Crippen MR) is 204 cm³/mol. The summed E-state index contributed by atoms with van der Waals surface area (Å²) in [6, 6.07) is 19.5. The van der Waals surface area contributed by atoms with Crippen LogP contribution in [0.15, 0.2) is 93.5 Å². The summed E-state index contributed by atoms with van der Waals surface area (Å²) in [6.45, 7) is 4.71. The maximum absolute atomic E-state index is 16.3. The second-order valence-electron chi connectivity index (χ2n) is 14.2. The topological polar surface area (TPSA) is 161 Å². The average molecular weight is 842 g/mol. The molecular weight excluding hydrogens is 809 g/mol. The Hall–Kier alpha value is -5.07. The number of anilines is 2. The zero-order valence-corrected chi connectivity index (χ0v) is 32.6. The average Bonchev–Trinajstić information content (AvgIpc) is 3.15. The Morgan fingerprint density at radius 1 is 0.789 bits per heavy atom. The molecule has 0 amide bonds.